The number of aromatic nitrogens is 1. The Morgan fingerprint density at radius 3 is 2.79 bits per heavy atom. The molecule has 1 heterocycles. The summed E-state index contributed by atoms with van der Waals surface area (Å²) in [5.74, 6) is 0.681. The number of hydrogen-bond acceptors (Lipinski definition) is 4. The summed E-state index contributed by atoms with van der Waals surface area (Å²) >= 11 is 1.93. The summed E-state index contributed by atoms with van der Waals surface area (Å²) in [6.07, 6.45) is 6.20. The van der Waals surface area contributed by atoms with Crippen molar-refractivity contribution in [2.45, 2.75) is 52.0 Å². The van der Waals surface area contributed by atoms with Crippen molar-refractivity contribution in [3.63, 3.8) is 0 Å². The van der Waals surface area contributed by atoms with E-state index in [1.54, 1.807) is 7.11 Å². The van der Waals surface area contributed by atoms with Crippen LogP contribution in [-0.4, -0.2) is 25.2 Å². The van der Waals surface area contributed by atoms with Crippen LogP contribution in [0.5, 0.6) is 0 Å². The zero-order valence-electron chi connectivity index (χ0n) is 12.4. The van der Waals surface area contributed by atoms with Crippen LogP contribution in [0, 0.1) is 5.92 Å². The van der Waals surface area contributed by atoms with Gasteiger partial charge in [-0.1, -0.05) is 13.8 Å². The van der Waals surface area contributed by atoms with E-state index in [1.165, 1.54) is 41.3 Å². The Labute approximate surface area is 120 Å². The third-order valence-electron chi connectivity index (χ3n) is 3.56. The molecule has 1 unspecified atom stereocenters. The lowest BCUT2D eigenvalue weighted by Gasteiger charge is -2.18. The maximum atomic E-state index is 5.13. The quantitative estimate of drug-likeness (QED) is 0.779. The minimum absolute atomic E-state index is 0.394. The lowest BCUT2D eigenvalue weighted by molar-refractivity contribution is 0.194. The van der Waals surface area contributed by atoms with Gasteiger partial charge in [0.2, 0.25) is 0 Å². The van der Waals surface area contributed by atoms with E-state index < -0.39 is 0 Å². The topological polar surface area (TPSA) is 34.1 Å². The van der Waals surface area contributed by atoms with E-state index in [0.29, 0.717) is 12.0 Å². The molecule has 0 bridgehead atoms. The van der Waals surface area contributed by atoms with Gasteiger partial charge in [-0.15, -0.1) is 11.3 Å². The van der Waals surface area contributed by atoms with Crippen molar-refractivity contribution in [2.75, 3.05) is 20.3 Å². The molecule has 1 atom stereocenters. The molecule has 0 radical (unpaired) electrons. The Balaban J connectivity index is 2.05. The highest BCUT2D eigenvalue weighted by atomic mass is 32.1. The second kappa shape index (κ2) is 7.36. The lowest BCUT2D eigenvalue weighted by Crippen LogP contribution is -2.26. The molecule has 0 aromatic carbocycles. The minimum atomic E-state index is 0.394. The van der Waals surface area contributed by atoms with Crippen molar-refractivity contribution in [1.29, 1.82) is 0 Å². The van der Waals surface area contributed by atoms with Crippen LogP contribution in [0.3, 0.4) is 0 Å². The van der Waals surface area contributed by atoms with Crippen LogP contribution in [0.2, 0.25) is 0 Å². The first-order valence-electron chi connectivity index (χ1n) is 7.41. The van der Waals surface area contributed by atoms with Gasteiger partial charge < -0.3 is 10.1 Å². The van der Waals surface area contributed by atoms with Gasteiger partial charge in [0.1, 0.15) is 5.01 Å². The molecule has 0 saturated heterocycles. The van der Waals surface area contributed by atoms with Crippen LogP contribution < -0.4 is 5.32 Å². The smallest absolute Gasteiger partial charge is 0.110 e. The van der Waals surface area contributed by atoms with Crippen LogP contribution >= 0.6 is 11.3 Å². The Bertz CT molecular complexity index is 366. The summed E-state index contributed by atoms with van der Waals surface area (Å²) in [7, 11) is 1.75. The molecule has 1 aromatic heterocycles. The Morgan fingerprint density at radius 2 is 2.11 bits per heavy atom. The van der Waals surface area contributed by atoms with Crippen molar-refractivity contribution in [1.82, 2.24) is 10.3 Å². The first-order chi connectivity index (χ1) is 9.20. The average Bonchev–Trinajstić information content (AvgIpc) is 2.81. The summed E-state index contributed by atoms with van der Waals surface area (Å²) in [6.45, 7) is 6.22. The van der Waals surface area contributed by atoms with E-state index in [2.05, 4.69) is 19.2 Å². The van der Waals surface area contributed by atoms with Crippen molar-refractivity contribution in [3.8, 4) is 0 Å². The molecular weight excluding hydrogens is 256 g/mol. The lowest BCUT2D eigenvalue weighted by atomic mass is 10.0. The van der Waals surface area contributed by atoms with Crippen molar-refractivity contribution in [2.24, 2.45) is 5.92 Å². The molecule has 19 heavy (non-hydrogen) atoms. The number of thiazole rings is 1. The molecule has 1 aromatic rings. The summed E-state index contributed by atoms with van der Waals surface area (Å²) in [5, 5.41) is 4.89. The number of methoxy groups -OCH3 is 1. The van der Waals surface area contributed by atoms with Gasteiger partial charge in [-0.2, -0.15) is 0 Å². The average molecular weight is 282 g/mol. The highest BCUT2D eigenvalue weighted by Gasteiger charge is 2.21. The molecule has 1 aliphatic carbocycles. The van der Waals surface area contributed by atoms with E-state index in [9.17, 15) is 0 Å². The normalized spacial score (nSPS) is 16.6. The van der Waals surface area contributed by atoms with Crippen LogP contribution in [0.4, 0.5) is 0 Å². The van der Waals surface area contributed by atoms with E-state index in [4.69, 9.17) is 9.72 Å². The fourth-order valence-electron chi connectivity index (χ4n) is 2.60. The zero-order chi connectivity index (χ0) is 13.7. The molecule has 2 rings (SSSR count). The van der Waals surface area contributed by atoms with Gasteiger partial charge in [-0.05, 0) is 38.0 Å². The van der Waals surface area contributed by atoms with Crippen LogP contribution in [0.25, 0.3) is 0 Å². The third kappa shape index (κ3) is 4.26. The second-order valence-corrected chi connectivity index (χ2v) is 6.87. The highest BCUT2D eigenvalue weighted by Crippen LogP contribution is 2.32. The highest BCUT2D eigenvalue weighted by molar-refractivity contribution is 7.11. The molecule has 3 nitrogen and oxygen atoms in total. The first-order valence-corrected chi connectivity index (χ1v) is 8.23. The summed E-state index contributed by atoms with van der Waals surface area (Å²) in [4.78, 5) is 6.43. The number of rotatable bonds is 7. The van der Waals surface area contributed by atoms with Crippen molar-refractivity contribution in [3.05, 3.63) is 15.6 Å². The predicted molar refractivity (Wildman–Crippen MR) is 80.8 cm³/mol. The molecule has 1 N–H and O–H groups in total. The van der Waals surface area contributed by atoms with Gasteiger partial charge >= 0.3 is 0 Å². The number of nitrogens with one attached hydrogen (secondary N) is 1. The Morgan fingerprint density at radius 1 is 1.32 bits per heavy atom. The maximum Gasteiger partial charge on any atom is 0.110 e. The van der Waals surface area contributed by atoms with E-state index >= 15 is 0 Å². The van der Waals surface area contributed by atoms with E-state index in [0.717, 1.165) is 19.6 Å². The molecular formula is C15H26N2OS. The number of ether oxygens (including phenoxy) is 1. The van der Waals surface area contributed by atoms with Gasteiger partial charge in [-0.25, -0.2) is 4.98 Å². The SMILES string of the molecule is COCCNC(CC(C)C)c1nc2c(s1)CCCC2. The number of nitrogens with zero attached hydrogens (tertiary/aromatic N) is 1. The fourth-order valence-corrected chi connectivity index (χ4v) is 3.84. The summed E-state index contributed by atoms with van der Waals surface area (Å²) in [5.41, 5.74) is 1.37. The van der Waals surface area contributed by atoms with Crippen LogP contribution in [0.15, 0.2) is 0 Å². The van der Waals surface area contributed by atoms with Crippen LogP contribution in [0.1, 0.15) is 54.7 Å². The largest absolute Gasteiger partial charge is 0.383 e. The van der Waals surface area contributed by atoms with Crippen molar-refractivity contribution < 1.29 is 4.74 Å². The molecule has 1 aliphatic rings. The summed E-state index contributed by atoms with van der Waals surface area (Å²) < 4.78 is 5.13. The molecule has 0 aliphatic heterocycles. The molecule has 0 amide bonds. The van der Waals surface area contributed by atoms with Gasteiger partial charge in [0.05, 0.1) is 18.3 Å². The molecule has 0 fully saturated rings. The Hall–Kier alpha value is -0.450. The number of fused-ring (bicyclic) bond motifs is 1. The maximum absolute atomic E-state index is 5.13. The third-order valence-corrected chi connectivity index (χ3v) is 4.84. The number of hydrogen-bond donors (Lipinski definition) is 1. The molecule has 108 valence electrons. The monoisotopic (exact) mass is 282 g/mol. The van der Waals surface area contributed by atoms with Crippen molar-refractivity contribution >= 4 is 11.3 Å². The van der Waals surface area contributed by atoms with E-state index in [-0.39, 0.29) is 0 Å². The van der Waals surface area contributed by atoms with Gasteiger partial charge in [-0.3, -0.25) is 0 Å². The first kappa shape index (κ1) is 14.9. The standard InChI is InChI=1S/C15H26N2OS/c1-11(2)10-13(16-8-9-18-3)15-17-12-6-4-5-7-14(12)19-15/h11,13,16H,4-10H2,1-3H3. The van der Waals surface area contributed by atoms with Crippen LogP contribution in [-0.2, 0) is 17.6 Å². The molecule has 4 heteroatoms. The van der Waals surface area contributed by atoms with E-state index in [1.807, 2.05) is 11.3 Å². The van der Waals surface area contributed by atoms with Gasteiger partial charge in [0.25, 0.3) is 0 Å². The van der Waals surface area contributed by atoms with Gasteiger partial charge in [0, 0.05) is 18.5 Å². The molecule has 0 saturated carbocycles. The summed E-state index contributed by atoms with van der Waals surface area (Å²) in [6, 6.07) is 0.394. The Kier molecular flexibility index (Phi) is 5.79. The van der Waals surface area contributed by atoms with Gasteiger partial charge in [0.15, 0.2) is 0 Å². The zero-order valence-corrected chi connectivity index (χ0v) is 13.2. The predicted octanol–water partition coefficient (Wildman–Crippen LogP) is 3.35. The fraction of sp³-hybridized carbons (Fsp3) is 0.800. The second-order valence-electron chi connectivity index (χ2n) is 5.76. The minimum Gasteiger partial charge on any atom is -0.383 e. The number of aryl methyl sites for hydroxylation is 2. The molecule has 0 spiro atoms.